The fourth-order valence-electron chi connectivity index (χ4n) is 2.84. The van der Waals surface area contributed by atoms with E-state index in [1.807, 2.05) is 12.1 Å². The summed E-state index contributed by atoms with van der Waals surface area (Å²) in [5.74, 6) is 1.27. The Labute approximate surface area is 157 Å². The van der Waals surface area contributed by atoms with E-state index in [4.69, 9.17) is 14.6 Å². The Hall–Kier alpha value is -2.68. The van der Waals surface area contributed by atoms with Crippen LogP contribution in [0.15, 0.2) is 18.2 Å². The Kier molecular flexibility index (Phi) is 5.59. The maximum absolute atomic E-state index is 12.3. The number of nitrogens with zero attached hydrogens (tertiary/aromatic N) is 4. The number of aromatic nitrogens is 4. The number of benzene rings is 1. The molecule has 2 aromatic rings. The maximum Gasteiger partial charge on any atom is 0.408 e. The summed E-state index contributed by atoms with van der Waals surface area (Å²) in [4.78, 5) is 13.6. The van der Waals surface area contributed by atoms with E-state index in [1.54, 1.807) is 20.8 Å². The molecule has 1 aromatic heterocycles. The van der Waals surface area contributed by atoms with Gasteiger partial charge in [0.15, 0.2) is 5.82 Å². The highest BCUT2D eigenvalue weighted by atomic mass is 16.6. The SMILES string of the molecule is CC(C)(C)OC(=O)N[C@@H](Cc1ccc2c(c1)CCO2)c1nnn(CCO)n1. The van der Waals surface area contributed by atoms with Crippen LogP contribution in [0.4, 0.5) is 4.79 Å². The van der Waals surface area contributed by atoms with E-state index in [9.17, 15) is 4.79 Å². The van der Waals surface area contributed by atoms with Crippen LogP contribution in [0, 0.1) is 0 Å². The van der Waals surface area contributed by atoms with Crippen molar-refractivity contribution in [3.63, 3.8) is 0 Å². The molecule has 9 nitrogen and oxygen atoms in total. The molecule has 0 aliphatic carbocycles. The van der Waals surface area contributed by atoms with E-state index in [0.29, 0.717) is 18.9 Å². The zero-order chi connectivity index (χ0) is 19.4. The molecular formula is C18H25N5O4. The highest BCUT2D eigenvalue weighted by molar-refractivity contribution is 5.68. The van der Waals surface area contributed by atoms with Crippen LogP contribution in [0.5, 0.6) is 5.75 Å². The normalized spacial score (nSPS) is 14.4. The van der Waals surface area contributed by atoms with Crippen molar-refractivity contribution in [2.45, 2.75) is 51.8 Å². The summed E-state index contributed by atoms with van der Waals surface area (Å²) in [5, 5.41) is 24.1. The first-order valence-corrected chi connectivity index (χ1v) is 8.97. The summed E-state index contributed by atoms with van der Waals surface area (Å²) in [5.41, 5.74) is 1.57. The number of hydrogen-bond acceptors (Lipinski definition) is 7. The van der Waals surface area contributed by atoms with Crippen LogP contribution in [0.2, 0.25) is 0 Å². The van der Waals surface area contributed by atoms with Crippen molar-refractivity contribution >= 4 is 6.09 Å². The lowest BCUT2D eigenvalue weighted by Gasteiger charge is -2.22. The van der Waals surface area contributed by atoms with E-state index < -0.39 is 17.7 Å². The molecule has 0 spiro atoms. The van der Waals surface area contributed by atoms with Crippen molar-refractivity contribution in [3.8, 4) is 5.75 Å². The van der Waals surface area contributed by atoms with E-state index in [-0.39, 0.29) is 13.2 Å². The number of aliphatic hydroxyl groups excluding tert-OH is 1. The minimum Gasteiger partial charge on any atom is -0.493 e. The molecular weight excluding hydrogens is 350 g/mol. The number of fused-ring (bicyclic) bond motifs is 1. The predicted molar refractivity (Wildman–Crippen MR) is 96.4 cm³/mol. The molecule has 1 aliphatic rings. The average Bonchev–Trinajstić information content (AvgIpc) is 3.21. The lowest BCUT2D eigenvalue weighted by molar-refractivity contribution is 0.0501. The number of carbonyl (C=O) groups excluding carboxylic acids is 1. The van der Waals surface area contributed by atoms with Gasteiger partial charge in [0.25, 0.3) is 0 Å². The van der Waals surface area contributed by atoms with Crippen molar-refractivity contribution in [1.29, 1.82) is 0 Å². The number of ether oxygens (including phenoxy) is 2. The first-order chi connectivity index (χ1) is 12.8. The second-order valence-corrected chi connectivity index (χ2v) is 7.41. The molecule has 9 heteroatoms. The van der Waals surface area contributed by atoms with E-state index in [2.05, 4.69) is 26.8 Å². The molecule has 27 heavy (non-hydrogen) atoms. The van der Waals surface area contributed by atoms with E-state index in [0.717, 1.165) is 23.3 Å². The van der Waals surface area contributed by atoms with Gasteiger partial charge in [-0.1, -0.05) is 12.1 Å². The molecule has 1 aliphatic heterocycles. The molecule has 3 rings (SSSR count). The monoisotopic (exact) mass is 375 g/mol. The zero-order valence-electron chi connectivity index (χ0n) is 15.8. The summed E-state index contributed by atoms with van der Waals surface area (Å²) < 4.78 is 10.9. The molecule has 146 valence electrons. The van der Waals surface area contributed by atoms with E-state index in [1.165, 1.54) is 4.80 Å². The van der Waals surface area contributed by atoms with Gasteiger partial charge < -0.3 is 19.9 Å². The quantitative estimate of drug-likeness (QED) is 0.785. The minimum atomic E-state index is -0.610. The van der Waals surface area contributed by atoms with Crippen LogP contribution in [0.1, 0.15) is 43.8 Å². The second kappa shape index (κ2) is 7.91. The van der Waals surface area contributed by atoms with E-state index >= 15 is 0 Å². The average molecular weight is 375 g/mol. The Morgan fingerprint density at radius 3 is 3.00 bits per heavy atom. The van der Waals surface area contributed by atoms with Crippen molar-refractivity contribution in [2.24, 2.45) is 0 Å². The van der Waals surface area contributed by atoms with Gasteiger partial charge in [0, 0.05) is 12.8 Å². The third-order valence-corrected chi connectivity index (χ3v) is 3.96. The molecule has 2 N–H and O–H groups in total. The molecule has 0 unspecified atom stereocenters. The first-order valence-electron chi connectivity index (χ1n) is 8.97. The van der Waals surface area contributed by atoms with Crippen LogP contribution in [0.3, 0.4) is 0 Å². The number of aliphatic hydroxyl groups is 1. The summed E-state index contributed by atoms with van der Waals surface area (Å²) >= 11 is 0. The van der Waals surface area contributed by atoms with Crippen molar-refractivity contribution in [1.82, 2.24) is 25.5 Å². The summed E-state index contributed by atoms with van der Waals surface area (Å²) in [7, 11) is 0. The fourth-order valence-corrected chi connectivity index (χ4v) is 2.84. The molecule has 0 fully saturated rings. The minimum absolute atomic E-state index is 0.0925. The molecule has 1 amide bonds. The van der Waals surface area contributed by atoms with Gasteiger partial charge in [-0.2, -0.15) is 4.80 Å². The van der Waals surface area contributed by atoms with Gasteiger partial charge in [-0.3, -0.25) is 0 Å². The number of rotatable bonds is 6. The Bertz CT molecular complexity index is 799. The fraction of sp³-hybridized carbons (Fsp3) is 0.556. The highest BCUT2D eigenvalue weighted by Crippen LogP contribution is 2.27. The number of amides is 1. The van der Waals surface area contributed by atoms with Crippen LogP contribution in [-0.2, 0) is 24.1 Å². The second-order valence-electron chi connectivity index (χ2n) is 7.41. The van der Waals surface area contributed by atoms with Crippen LogP contribution < -0.4 is 10.1 Å². The van der Waals surface area contributed by atoms with Gasteiger partial charge in [-0.15, -0.1) is 10.2 Å². The van der Waals surface area contributed by atoms with Crippen molar-refractivity contribution in [2.75, 3.05) is 13.2 Å². The number of carbonyl (C=O) groups is 1. The smallest absolute Gasteiger partial charge is 0.408 e. The summed E-state index contributed by atoms with van der Waals surface area (Å²) in [6, 6.07) is 5.47. The number of nitrogens with one attached hydrogen (secondary N) is 1. The first kappa shape index (κ1) is 19.1. The highest BCUT2D eigenvalue weighted by Gasteiger charge is 2.25. The van der Waals surface area contributed by atoms with Gasteiger partial charge in [0.1, 0.15) is 17.4 Å². The molecule has 0 saturated heterocycles. The topological polar surface area (TPSA) is 111 Å². The van der Waals surface area contributed by atoms with Gasteiger partial charge in [-0.25, -0.2) is 4.79 Å². The molecule has 1 atom stereocenters. The largest absolute Gasteiger partial charge is 0.493 e. The summed E-state index contributed by atoms with van der Waals surface area (Å²) in [6.07, 6.45) is 0.811. The van der Waals surface area contributed by atoms with Crippen molar-refractivity contribution < 1.29 is 19.4 Å². The Morgan fingerprint density at radius 2 is 2.26 bits per heavy atom. The predicted octanol–water partition coefficient (Wildman–Crippen LogP) is 1.41. The van der Waals surface area contributed by atoms with Gasteiger partial charge in [0.2, 0.25) is 0 Å². The van der Waals surface area contributed by atoms with Gasteiger partial charge in [-0.05, 0) is 43.2 Å². The van der Waals surface area contributed by atoms with Crippen LogP contribution in [-0.4, -0.2) is 50.2 Å². The van der Waals surface area contributed by atoms with Crippen LogP contribution in [0.25, 0.3) is 0 Å². The molecule has 0 radical (unpaired) electrons. The van der Waals surface area contributed by atoms with Crippen LogP contribution >= 0.6 is 0 Å². The Balaban J connectivity index is 1.79. The number of tetrazole rings is 1. The van der Waals surface area contributed by atoms with Crippen molar-refractivity contribution in [3.05, 3.63) is 35.2 Å². The lowest BCUT2D eigenvalue weighted by atomic mass is 10.0. The lowest BCUT2D eigenvalue weighted by Crippen LogP contribution is -2.36. The molecule has 0 bridgehead atoms. The maximum atomic E-state index is 12.3. The zero-order valence-corrected chi connectivity index (χ0v) is 15.8. The third-order valence-electron chi connectivity index (χ3n) is 3.96. The third kappa shape index (κ3) is 5.16. The number of alkyl carbamates (subject to hydrolysis) is 1. The Morgan fingerprint density at radius 1 is 1.44 bits per heavy atom. The number of hydrogen-bond donors (Lipinski definition) is 2. The molecule has 0 saturated carbocycles. The van der Waals surface area contributed by atoms with Gasteiger partial charge >= 0.3 is 6.09 Å². The molecule has 2 heterocycles. The summed E-state index contributed by atoms with van der Waals surface area (Å²) in [6.45, 7) is 6.25. The standard InChI is InChI=1S/C18H25N5O4/c1-18(2,3)27-17(25)19-14(16-20-22-23(21-16)7-8-24)11-12-4-5-15-13(10-12)6-9-26-15/h4-5,10,14,24H,6-9,11H2,1-3H3,(H,19,25)/t14-/m0/s1. The van der Waals surface area contributed by atoms with Gasteiger partial charge in [0.05, 0.1) is 19.8 Å². The molecule has 1 aromatic carbocycles.